The zero-order valence-electron chi connectivity index (χ0n) is 20.7. The molecule has 1 saturated heterocycles. The monoisotopic (exact) mass is 520 g/mol. The number of hydrogen-bond acceptors (Lipinski definition) is 10. The number of anilines is 1. The molecular formula is C24H24N8O4S. The van der Waals surface area contributed by atoms with Crippen LogP contribution in [0.25, 0.3) is 37.2 Å². The molecule has 0 radical (unpaired) electrons. The summed E-state index contributed by atoms with van der Waals surface area (Å²) in [6.45, 7) is 6.45. The van der Waals surface area contributed by atoms with Crippen molar-refractivity contribution >= 4 is 49.7 Å². The van der Waals surface area contributed by atoms with Gasteiger partial charge in [-0.1, -0.05) is 13.8 Å². The van der Waals surface area contributed by atoms with Crippen molar-refractivity contribution in [3.63, 3.8) is 0 Å². The number of nitrogens with zero attached hydrogens (tertiary/aromatic N) is 6. The summed E-state index contributed by atoms with van der Waals surface area (Å²) in [5.41, 5.74) is 2.65. The van der Waals surface area contributed by atoms with Crippen molar-refractivity contribution in [2.24, 2.45) is 5.41 Å². The molecular weight excluding hydrogens is 496 g/mol. The second-order valence-electron chi connectivity index (χ2n) is 9.78. The molecule has 13 heteroatoms. The average Bonchev–Trinajstić information content (AvgIpc) is 3.40. The Bertz CT molecular complexity index is 1750. The third-order valence-corrected chi connectivity index (χ3v) is 7.36. The number of methoxy groups -OCH3 is 2. The average molecular weight is 521 g/mol. The number of aromatic amines is 1. The number of carbonyl (C=O) groups is 1. The topological polar surface area (TPSA) is 140 Å². The van der Waals surface area contributed by atoms with E-state index in [0.717, 1.165) is 18.0 Å². The summed E-state index contributed by atoms with van der Waals surface area (Å²) in [4.78, 5) is 44.9. The van der Waals surface area contributed by atoms with Gasteiger partial charge >= 0.3 is 6.01 Å². The molecule has 37 heavy (non-hydrogen) atoms. The fraction of sp³-hybridized carbons (Fsp3) is 0.333. The lowest BCUT2D eigenvalue weighted by Gasteiger charge is -2.45. The smallest absolute Gasteiger partial charge is 0.319 e. The highest BCUT2D eigenvalue weighted by Gasteiger charge is 2.34. The van der Waals surface area contributed by atoms with Gasteiger partial charge in [0.25, 0.3) is 5.56 Å². The van der Waals surface area contributed by atoms with E-state index in [1.807, 2.05) is 0 Å². The van der Waals surface area contributed by atoms with E-state index in [4.69, 9.17) is 9.47 Å². The number of thiazole rings is 1. The van der Waals surface area contributed by atoms with Crippen molar-refractivity contribution in [3.05, 3.63) is 35.0 Å². The molecule has 6 heterocycles. The van der Waals surface area contributed by atoms with Gasteiger partial charge in [0.2, 0.25) is 11.8 Å². The Morgan fingerprint density at radius 3 is 2.73 bits per heavy atom. The molecule has 6 rings (SSSR count). The van der Waals surface area contributed by atoms with Crippen molar-refractivity contribution in [2.75, 3.05) is 39.2 Å². The van der Waals surface area contributed by atoms with Gasteiger partial charge in [0, 0.05) is 25.5 Å². The fourth-order valence-electron chi connectivity index (χ4n) is 4.80. The van der Waals surface area contributed by atoms with Crippen molar-refractivity contribution in [1.82, 2.24) is 34.4 Å². The molecule has 0 saturated carbocycles. The molecule has 0 aromatic carbocycles. The lowest BCUT2D eigenvalue weighted by molar-refractivity contribution is -0.120. The van der Waals surface area contributed by atoms with Gasteiger partial charge in [-0.2, -0.15) is 10.1 Å². The summed E-state index contributed by atoms with van der Waals surface area (Å²) < 4.78 is 12.1. The van der Waals surface area contributed by atoms with Crippen LogP contribution in [0.1, 0.15) is 13.8 Å². The molecule has 5 aromatic rings. The Morgan fingerprint density at radius 2 is 2.00 bits per heavy atom. The minimum Gasteiger partial charge on any atom is -0.480 e. The van der Waals surface area contributed by atoms with Crippen LogP contribution in [-0.4, -0.2) is 74.2 Å². The van der Waals surface area contributed by atoms with Gasteiger partial charge in [0.05, 0.1) is 48.6 Å². The van der Waals surface area contributed by atoms with Gasteiger partial charge in [-0.05, 0) is 11.5 Å². The van der Waals surface area contributed by atoms with Crippen molar-refractivity contribution in [3.8, 4) is 22.3 Å². The quantitative estimate of drug-likeness (QED) is 0.346. The van der Waals surface area contributed by atoms with E-state index in [2.05, 4.69) is 49.1 Å². The molecule has 1 amide bonds. The van der Waals surface area contributed by atoms with E-state index in [9.17, 15) is 9.59 Å². The standard InChI is InChI=1S/C24H24N8O4S/c1-24(2)10-31(11-24)9-16(33)27-12-5-14-18(25-6-12)19-17(20(34)28-14)22-32(30-19)8-15(37-22)13-7-26-23(36-4)29-21(13)35-3/h5-8H,9-11H2,1-4H3,(H,27,33)(H,28,34). The van der Waals surface area contributed by atoms with Crippen LogP contribution < -0.4 is 20.3 Å². The Balaban J connectivity index is 1.33. The number of ether oxygens (including phenoxy) is 2. The van der Waals surface area contributed by atoms with Gasteiger partial charge in [-0.25, -0.2) is 9.50 Å². The van der Waals surface area contributed by atoms with Crippen molar-refractivity contribution < 1.29 is 14.3 Å². The number of amides is 1. The van der Waals surface area contributed by atoms with Gasteiger partial charge in [-0.3, -0.25) is 19.5 Å². The maximum absolute atomic E-state index is 13.1. The number of hydrogen-bond donors (Lipinski definition) is 2. The van der Waals surface area contributed by atoms with Crippen LogP contribution >= 0.6 is 11.3 Å². The van der Waals surface area contributed by atoms with Gasteiger partial charge < -0.3 is 19.8 Å². The molecule has 0 aliphatic carbocycles. The Morgan fingerprint density at radius 1 is 1.19 bits per heavy atom. The Kier molecular flexibility index (Phi) is 5.35. The van der Waals surface area contributed by atoms with E-state index < -0.39 is 0 Å². The zero-order chi connectivity index (χ0) is 25.9. The third-order valence-electron chi connectivity index (χ3n) is 6.23. The summed E-state index contributed by atoms with van der Waals surface area (Å²) in [5.74, 6) is 0.238. The molecule has 2 N–H and O–H groups in total. The first-order valence-corrected chi connectivity index (χ1v) is 12.4. The highest BCUT2D eigenvalue weighted by atomic mass is 32.1. The molecule has 0 spiro atoms. The number of aromatic nitrogens is 6. The second kappa shape index (κ2) is 8.49. The highest BCUT2D eigenvalue weighted by molar-refractivity contribution is 7.21. The second-order valence-corrected chi connectivity index (χ2v) is 10.8. The Hall–Kier alpha value is -4.10. The van der Waals surface area contributed by atoms with Gasteiger partial charge in [-0.15, -0.1) is 11.3 Å². The third kappa shape index (κ3) is 4.05. The maximum atomic E-state index is 13.1. The molecule has 0 atom stereocenters. The van der Waals surface area contributed by atoms with Crippen LogP contribution in [-0.2, 0) is 4.79 Å². The molecule has 5 aromatic heterocycles. The number of fused-ring (bicyclic) bond motifs is 5. The Labute approximate surface area is 214 Å². The normalized spacial score (nSPS) is 15.2. The summed E-state index contributed by atoms with van der Waals surface area (Å²) in [6, 6.07) is 1.90. The van der Waals surface area contributed by atoms with Crippen LogP contribution in [0.2, 0.25) is 0 Å². The molecule has 1 fully saturated rings. The van der Waals surface area contributed by atoms with Crippen molar-refractivity contribution in [1.29, 1.82) is 0 Å². The number of H-pyrrole nitrogens is 1. The minimum absolute atomic E-state index is 0.118. The summed E-state index contributed by atoms with van der Waals surface area (Å²) in [6.07, 6.45) is 4.99. The first kappa shape index (κ1) is 23.3. The van der Waals surface area contributed by atoms with Crippen LogP contribution in [0.4, 0.5) is 5.69 Å². The van der Waals surface area contributed by atoms with Gasteiger partial charge in [0.1, 0.15) is 21.3 Å². The number of rotatable bonds is 6. The van der Waals surface area contributed by atoms with E-state index in [-0.39, 0.29) is 22.9 Å². The fourth-order valence-corrected chi connectivity index (χ4v) is 5.89. The summed E-state index contributed by atoms with van der Waals surface area (Å²) >= 11 is 1.37. The molecule has 0 unspecified atom stereocenters. The molecule has 1 aliphatic heterocycles. The lowest BCUT2D eigenvalue weighted by Crippen LogP contribution is -2.54. The largest absolute Gasteiger partial charge is 0.480 e. The van der Waals surface area contributed by atoms with Crippen LogP contribution in [0.5, 0.6) is 11.9 Å². The van der Waals surface area contributed by atoms with Crippen LogP contribution in [0.3, 0.4) is 0 Å². The summed E-state index contributed by atoms with van der Waals surface area (Å²) in [5, 5.41) is 7.95. The lowest BCUT2D eigenvalue weighted by atomic mass is 9.84. The number of carbonyl (C=O) groups excluding carboxylic acids is 1. The molecule has 1 aliphatic rings. The molecule has 0 bridgehead atoms. The molecule has 12 nitrogen and oxygen atoms in total. The van der Waals surface area contributed by atoms with E-state index in [1.165, 1.54) is 25.6 Å². The maximum Gasteiger partial charge on any atom is 0.319 e. The van der Waals surface area contributed by atoms with Gasteiger partial charge in [0.15, 0.2) is 0 Å². The zero-order valence-corrected chi connectivity index (χ0v) is 21.5. The van der Waals surface area contributed by atoms with Crippen molar-refractivity contribution in [2.45, 2.75) is 13.8 Å². The van der Waals surface area contributed by atoms with E-state index >= 15 is 0 Å². The predicted octanol–water partition coefficient (Wildman–Crippen LogP) is 2.54. The first-order valence-electron chi connectivity index (χ1n) is 11.6. The highest BCUT2D eigenvalue weighted by Crippen LogP contribution is 2.37. The minimum atomic E-state index is -0.295. The number of nitrogens with one attached hydrogen (secondary N) is 2. The van der Waals surface area contributed by atoms with Crippen LogP contribution in [0, 0.1) is 5.41 Å². The van der Waals surface area contributed by atoms with Crippen LogP contribution in [0.15, 0.2) is 29.5 Å². The van der Waals surface area contributed by atoms with E-state index in [1.54, 1.807) is 29.2 Å². The first-order chi connectivity index (χ1) is 17.7. The number of likely N-dealkylation sites (tertiary alicyclic amines) is 1. The summed E-state index contributed by atoms with van der Waals surface area (Å²) in [7, 11) is 3.00. The number of pyridine rings is 2. The molecule has 190 valence electrons. The SMILES string of the molecule is COc1ncc(-c2cn3nc4c5ncc(NC(=O)CN6CC(C)(C)C6)cc5[nH]c(=O)c4c3s2)c(OC)n1. The predicted molar refractivity (Wildman–Crippen MR) is 139 cm³/mol. The van der Waals surface area contributed by atoms with E-state index in [0.29, 0.717) is 50.4 Å².